The van der Waals surface area contributed by atoms with Crippen LogP contribution in [0.1, 0.15) is 19.4 Å². The number of rotatable bonds is 6. The van der Waals surface area contributed by atoms with Crippen molar-refractivity contribution in [2.24, 2.45) is 5.92 Å². The Kier molecular flexibility index (Phi) is 5.71. The molecule has 5 nitrogen and oxygen atoms in total. The van der Waals surface area contributed by atoms with Gasteiger partial charge in [-0.15, -0.1) is 0 Å². The van der Waals surface area contributed by atoms with Gasteiger partial charge in [0.15, 0.2) is 0 Å². The summed E-state index contributed by atoms with van der Waals surface area (Å²) in [6.07, 6.45) is 0. The summed E-state index contributed by atoms with van der Waals surface area (Å²) in [6.45, 7) is 6.06. The summed E-state index contributed by atoms with van der Waals surface area (Å²) in [5, 5.41) is 2.71. The Morgan fingerprint density at radius 2 is 1.90 bits per heavy atom. The number of benzene rings is 1. The zero-order valence-corrected chi connectivity index (χ0v) is 13.2. The molecule has 0 bridgehead atoms. The second-order valence-corrected chi connectivity index (χ2v) is 7.24. The number of hydrogen-bond donors (Lipinski definition) is 1. The van der Waals surface area contributed by atoms with Gasteiger partial charge in [-0.05, 0) is 24.5 Å². The van der Waals surface area contributed by atoms with Gasteiger partial charge in [-0.3, -0.25) is 4.79 Å². The van der Waals surface area contributed by atoms with E-state index in [-0.39, 0.29) is 17.3 Å². The van der Waals surface area contributed by atoms with E-state index in [2.05, 4.69) is 5.32 Å². The van der Waals surface area contributed by atoms with Crippen LogP contribution in [0.4, 0.5) is 0 Å². The third-order valence-corrected chi connectivity index (χ3v) is 4.82. The quantitative estimate of drug-likeness (QED) is 0.863. The van der Waals surface area contributed by atoms with Gasteiger partial charge in [0.1, 0.15) is 0 Å². The Morgan fingerprint density at radius 1 is 1.30 bits per heavy atom. The van der Waals surface area contributed by atoms with Gasteiger partial charge < -0.3 is 5.32 Å². The van der Waals surface area contributed by atoms with E-state index < -0.39 is 10.0 Å². The molecule has 1 aromatic rings. The van der Waals surface area contributed by atoms with Crippen molar-refractivity contribution < 1.29 is 13.2 Å². The van der Waals surface area contributed by atoms with E-state index in [1.165, 1.54) is 7.05 Å². The highest BCUT2D eigenvalue weighted by molar-refractivity contribution is 7.89. The highest BCUT2D eigenvalue weighted by atomic mass is 32.2. The number of hydrogen-bond acceptors (Lipinski definition) is 3. The van der Waals surface area contributed by atoms with Crippen LogP contribution in [-0.2, 0) is 14.8 Å². The van der Waals surface area contributed by atoms with Gasteiger partial charge in [0.2, 0.25) is 15.9 Å². The van der Waals surface area contributed by atoms with E-state index in [1.54, 1.807) is 31.2 Å². The van der Waals surface area contributed by atoms with Crippen LogP contribution in [0, 0.1) is 12.8 Å². The molecule has 0 fully saturated rings. The van der Waals surface area contributed by atoms with E-state index in [9.17, 15) is 13.2 Å². The monoisotopic (exact) mass is 298 g/mol. The largest absolute Gasteiger partial charge is 0.355 e. The van der Waals surface area contributed by atoms with Gasteiger partial charge in [0.25, 0.3) is 0 Å². The standard InChI is InChI=1S/C14H22N2O3S/c1-11(2)9-15-14(17)10-16(4)20(18,19)13-8-6-5-7-12(13)3/h5-8,11H,9-10H2,1-4H3,(H,15,17). The fourth-order valence-corrected chi connectivity index (χ4v) is 3.02. The zero-order valence-electron chi connectivity index (χ0n) is 12.4. The van der Waals surface area contributed by atoms with E-state index in [4.69, 9.17) is 0 Å². The lowest BCUT2D eigenvalue weighted by Crippen LogP contribution is -2.39. The second-order valence-electron chi connectivity index (χ2n) is 5.22. The van der Waals surface area contributed by atoms with E-state index >= 15 is 0 Å². The van der Waals surface area contributed by atoms with E-state index in [1.807, 2.05) is 13.8 Å². The van der Waals surface area contributed by atoms with Crippen LogP contribution in [0.2, 0.25) is 0 Å². The Morgan fingerprint density at radius 3 is 2.45 bits per heavy atom. The highest BCUT2D eigenvalue weighted by Gasteiger charge is 2.24. The first kappa shape index (κ1) is 16.7. The molecule has 20 heavy (non-hydrogen) atoms. The molecule has 0 saturated heterocycles. The molecule has 0 aromatic heterocycles. The SMILES string of the molecule is Cc1ccccc1S(=O)(=O)N(C)CC(=O)NCC(C)C. The number of nitrogens with one attached hydrogen (secondary N) is 1. The topological polar surface area (TPSA) is 66.5 Å². The van der Waals surface area contributed by atoms with Crippen molar-refractivity contribution in [1.82, 2.24) is 9.62 Å². The van der Waals surface area contributed by atoms with Gasteiger partial charge in [-0.1, -0.05) is 32.0 Å². The lowest BCUT2D eigenvalue weighted by atomic mass is 10.2. The van der Waals surface area contributed by atoms with Crippen LogP contribution in [-0.4, -0.2) is 38.8 Å². The Hall–Kier alpha value is -1.40. The molecule has 1 aromatic carbocycles. The summed E-state index contributed by atoms with van der Waals surface area (Å²) in [5.41, 5.74) is 0.668. The molecule has 0 spiro atoms. The maximum Gasteiger partial charge on any atom is 0.243 e. The molecular weight excluding hydrogens is 276 g/mol. The lowest BCUT2D eigenvalue weighted by molar-refractivity contribution is -0.121. The number of nitrogens with zero attached hydrogens (tertiary/aromatic N) is 1. The Bertz CT molecular complexity index is 568. The third kappa shape index (κ3) is 4.31. The molecule has 0 unspecified atom stereocenters. The minimum atomic E-state index is -3.63. The average Bonchev–Trinajstić information content (AvgIpc) is 2.36. The maximum atomic E-state index is 12.4. The van der Waals surface area contributed by atoms with Crippen molar-refractivity contribution in [3.8, 4) is 0 Å². The van der Waals surface area contributed by atoms with E-state index in [0.717, 1.165) is 4.31 Å². The second kappa shape index (κ2) is 6.85. The molecule has 1 N–H and O–H groups in total. The molecule has 0 aliphatic carbocycles. The predicted molar refractivity (Wildman–Crippen MR) is 78.8 cm³/mol. The van der Waals surface area contributed by atoms with Gasteiger partial charge in [-0.25, -0.2) is 8.42 Å². The molecule has 112 valence electrons. The normalized spacial score (nSPS) is 11.9. The van der Waals surface area contributed by atoms with E-state index in [0.29, 0.717) is 18.0 Å². The van der Waals surface area contributed by atoms with Crippen LogP contribution in [0.15, 0.2) is 29.2 Å². The molecule has 1 amide bonds. The first-order valence-electron chi connectivity index (χ1n) is 6.54. The van der Waals surface area contributed by atoms with Crippen molar-refractivity contribution in [3.05, 3.63) is 29.8 Å². The Labute approximate surface area is 121 Å². The van der Waals surface area contributed by atoms with Crippen molar-refractivity contribution >= 4 is 15.9 Å². The van der Waals surface area contributed by atoms with Gasteiger partial charge in [0.05, 0.1) is 11.4 Å². The number of carbonyl (C=O) groups is 1. The van der Waals surface area contributed by atoms with Crippen molar-refractivity contribution in [3.63, 3.8) is 0 Å². The Balaban J connectivity index is 2.78. The number of sulfonamides is 1. The highest BCUT2D eigenvalue weighted by Crippen LogP contribution is 2.17. The number of amides is 1. The first-order chi connectivity index (χ1) is 9.25. The molecule has 0 aliphatic heterocycles. The molecule has 0 saturated carbocycles. The maximum absolute atomic E-state index is 12.4. The van der Waals surface area contributed by atoms with Crippen LogP contribution in [0.25, 0.3) is 0 Å². The lowest BCUT2D eigenvalue weighted by Gasteiger charge is -2.18. The molecule has 1 rings (SSSR count). The minimum absolute atomic E-state index is 0.177. The van der Waals surface area contributed by atoms with Gasteiger partial charge >= 0.3 is 0 Å². The summed E-state index contributed by atoms with van der Waals surface area (Å²) >= 11 is 0. The number of likely N-dealkylation sites (N-methyl/N-ethyl adjacent to an activating group) is 1. The molecule has 6 heteroatoms. The summed E-state index contributed by atoms with van der Waals surface area (Å²) in [7, 11) is -2.22. The van der Waals surface area contributed by atoms with Crippen LogP contribution in [0.3, 0.4) is 0 Å². The predicted octanol–water partition coefficient (Wildman–Crippen LogP) is 1.39. The van der Waals surface area contributed by atoms with Gasteiger partial charge in [0, 0.05) is 13.6 Å². The molecule has 0 aliphatic rings. The van der Waals surface area contributed by atoms with Crippen molar-refractivity contribution in [2.45, 2.75) is 25.7 Å². The molecule has 0 atom stereocenters. The first-order valence-corrected chi connectivity index (χ1v) is 7.98. The van der Waals surface area contributed by atoms with Crippen molar-refractivity contribution in [2.75, 3.05) is 20.1 Å². The third-order valence-electron chi connectivity index (χ3n) is 2.86. The summed E-state index contributed by atoms with van der Waals surface area (Å²) in [5.74, 6) is 0.0376. The van der Waals surface area contributed by atoms with Crippen LogP contribution >= 0.6 is 0 Å². The fraction of sp³-hybridized carbons (Fsp3) is 0.500. The van der Waals surface area contributed by atoms with Crippen LogP contribution in [0.5, 0.6) is 0 Å². The number of aryl methyl sites for hydroxylation is 1. The summed E-state index contributed by atoms with van der Waals surface area (Å²) < 4.78 is 25.8. The number of carbonyl (C=O) groups excluding carboxylic acids is 1. The van der Waals surface area contributed by atoms with Crippen molar-refractivity contribution in [1.29, 1.82) is 0 Å². The molecule has 0 radical (unpaired) electrons. The average molecular weight is 298 g/mol. The minimum Gasteiger partial charge on any atom is -0.355 e. The molecule has 0 heterocycles. The van der Waals surface area contributed by atoms with Gasteiger partial charge in [-0.2, -0.15) is 4.31 Å². The fourth-order valence-electron chi connectivity index (χ4n) is 1.67. The zero-order chi connectivity index (χ0) is 15.3. The molecular formula is C14H22N2O3S. The summed E-state index contributed by atoms with van der Waals surface area (Å²) in [6, 6.07) is 6.74. The van der Waals surface area contributed by atoms with Crippen LogP contribution < -0.4 is 5.32 Å². The smallest absolute Gasteiger partial charge is 0.243 e. The summed E-state index contributed by atoms with van der Waals surface area (Å²) in [4.78, 5) is 11.9.